The number of phenols is 1. The van der Waals surface area contributed by atoms with Gasteiger partial charge < -0.3 is 15.4 Å². The lowest BCUT2D eigenvalue weighted by Crippen LogP contribution is -2.34. The van der Waals surface area contributed by atoms with Crippen LogP contribution in [0, 0.1) is 0 Å². The van der Waals surface area contributed by atoms with Crippen LogP contribution in [0.3, 0.4) is 0 Å². The van der Waals surface area contributed by atoms with Crippen molar-refractivity contribution in [3.63, 3.8) is 0 Å². The van der Waals surface area contributed by atoms with Crippen LogP contribution in [0.4, 0.5) is 5.69 Å². The number of amides is 1. The number of carbonyl (C=O) groups excluding carboxylic acids is 1. The fraction of sp³-hybridized carbons (Fsp3) is 0.286. The minimum atomic E-state index is -0.520. The summed E-state index contributed by atoms with van der Waals surface area (Å²) in [6.45, 7) is 8.08. The van der Waals surface area contributed by atoms with Crippen LogP contribution >= 0.6 is 0 Å². The van der Waals surface area contributed by atoms with Crippen molar-refractivity contribution in [3.05, 3.63) is 68.4 Å². The van der Waals surface area contributed by atoms with Gasteiger partial charge in [-0.3, -0.25) is 14.2 Å². The number of anilines is 1. The summed E-state index contributed by atoms with van der Waals surface area (Å²) in [6, 6.07) is 9.57. The Morgan fingerprint density at radius 1 is 1.14 bits per heavy atom. The zero-order valence-corrected chi connectivity index (χ0v) is 16.3. The van der Waals surface area contributed by atoms with Crippen molar-refractivity contribution in [2.24, 2.45) is 0 Å². The number of H-pyrrole nitrogens is 1. The van der Waals surface area contributed by atoms with Gasteiger partial charge in [-0.15, -0.1) is 0 Å². The van der Waals surface area contributed by atoms with Gasteiger partial charge in [0.2, 0.25) is 0 Å². The first-order chi connectivity index (χ1) is 13.1. The zero-order chi connectivity index (χ0) is 20.6. The number of fused-ring (bicyclic) bond motifs is 1. The average molecular weight is 381 g/mol. The molecule has 1 heterocycles. The molecule has 0 bridgehead atoms. The molecule has 0 fully saturated rings. The molecule has 0 aliphatic carbocycles. The lowest BCUT2D eigenvalue weighted by atomic mass is 9.87. The van der Waals surface area contributed by atoms with E-state index in [2.05, 4.69) is 10.3 Å². The zero-order valence-electron chi connectivity index (χ0n) is 16.3. The van der Waals surface area contributed by atoms with E-state index in [1.54, 1.807) is 19.1 Å². The molecule has 0 spiro atoms. The summed E-state index contributed by atoms with van der Waals surface area (Å²) in [6.07, 6.45) is 0. The standard InChI is InChI=1S/C21H23N3O4/c1-5-24-19(27)14-8-6-12(10-15(14)23-20(24)28)18(26)22-16-11-13(21(2,3)4)7-9-17(16)25/h6-11,25H,5H2,1-4H3,(H,22,26)(H,23,28). The van der Waals surface area contributed by atoms with Crippen molar-refractivity contribution < 1.29 is 9.90 Å². The van der Waals surface area contributed by atoms with Gasteiger partial charge >= 0.3 is 5.69 Å². The SMILES string of the molecule is CCn1c(=O)[nH]c2cc(C(=O)Nc3cc(C(C)(C)C)ccc3O)ccc2c1=O. The highest BCUT2D eigenvalue weighted by Crippen LogP contribution is 2.31. The molecular formula is C21H23N3O4. The van der Waals surface area contributed by atoms with Gasteiger partial charge in [-0.25, -0.2) is 4.79 Å². The Labute approximate surface area is 161 Å². The van der Waals surface area contributed by atoms with Gasteiger partial charge in [0.05, 0.1) is 16.6 Å². The monoisotopic (exact) mass is 381 g/mol. The number of aromatic amines is 1. The second-order valence-electron chi connectivity index (χ2n) is 7.68. The summed E-state index contributed by atoms with van der Waals surface area (Å²) in [5, 5.41) is 13.1. The highest BCUT2D eigenvalue weighted by molar-refractivity contribution is 6.06. The molecule has 1 aromatic heterocycles. The number of carbonyl (C=O) groups is 1. The molecule has 7 heteroatoms. The maximum Gasteiger partial charge on any atom is 0.328 e. The Bertz CT molecular complexity index is 1180. The van der Waals surface area contributed by atoms with E-state index in [0.717, 1.165) is 10.1 Å². The van der Waals surface area contributed by atoms with E-state index in [0.29, 0.717) is 16.6 Å². The number of nitrogens with zero attached hydrogens (tertiary/aromatic N) is 1. The van der Waals surface area contributed by atoms with E-state index in [4.69, 9.17) is 0 Å². The molecule has 28 heavy (non-hydrogen) atoms. The second-order valence-corrected chi connectivity index (χ2v) is 7.68. The van der Waals surface area contributed by atoms with Gasteiger partial charge in [-0.1, -0.05) is 26.8 Å². The van der Waals surface area contributed by atoms with Crippen LogP contribution < -0.4 is 16.6 Å². The number of aromatic nitrogens is 2. The fourth-order valence-corrected chi connectivity index (χ4v) is 2.98. The molecule has 7 nitrogen and oxygen atoms in total. The van der Waals surface area contributed by atoms with Crippen LogP contribution in [0.15, 0.2) is 46.0 Å². The van der Waals surface area contributed by atoms with Gasteiger partial charge in [0.25, 0.3) is 11.5 Å². The van der Waals surface area contributed by atoms with Crippen LogP contribution in [-0.4, -0.2) is 20.6 Å². The molecule has 0 aliphatic rings. The average Bonchev–Trinajstić information content (AvgIpc) is 2.62. The molecule has 1 amide bonds. The summed E-state index contributed by atoms with van der Waals surface area (Å²) in [7, 11) is 0. The molecule has 146 valence electrons. The Morgan fingerprint density at radius 2 is 1.86 bits per heavy atom. The molecule has 3 aromatic rings. The lowest BCUT2D eigenvalue weighted by Gasteiger charge is -2.20. The first kappa shape index (κ1) is 19.4. The lowest BCUT2D eigenvalue weighted by molar-refractivity contribution is 0.102. The van der Waals surface area contributed by atoms with Crippen molar-refractivity contribution in [3.8, 4) is 5.75 Å². The van der Waals surface area contributed by atoms with E-state index >= 15 is 0 Å². The first-order valence-corrected chi connectivity index (χ1v) is 9.03. The minimum absolute atomic E-state index is 0.0404. The molecule has 0 unspecified atom stereocenters. The number of benzene rings is 2. The predicted molar refractivity (Wildman–Crippen MR) is 109 cm³/mol. The Morgan fingerprint density at radius 3 is 2.50 bits per heavy atom. The highest BCUT2D eigenvalue weighted by Gasteiger charge is 2.17. The third-order valence-corrected chi connectivity index (χ3v) is 4.67. The van der Waals surface area contributed by atoms with Crippen molar-refractivity contribution in [1.29, 1.82) is 0 Å². The molecule has 0 saturated carbocycles. The normalized spacial score (nSPS) is 11.6. The maximum absolute atomic E-state index is 12.7. The van der Waals surface area contributed by atoms with E-state index < -0.39 is 17.2 Å². The minimum Gasteiger partial charge on any atom is -0.506 e. The summed E-state index contributed by atoms with van der Waals surface area (Å²) in [5.74, 6) is -0.495. The molecule has 2 aromatic carbocycles. The van der Waals surface area contributed by atoms with E-state index in [1.807, 2.05) is 26.8 Å². The largest absolute Gasteiger partial charge is 0.506 e. The third-order valence-electron chi connectivity index (χ3n) is 4.67. The van der Waals surface area contributed by atoms with Crippen molar-refractivity contribution in [2.45, 2.75) is 39.7 Å². The first-order valence-electron chi connectivity index (χ1n) is 9.03. The molecule has 0 aliphatic heterocycles. The van der Waals surface area contributed by atoms with Gasteiger partial charge in [0.1, 0.15) is 5.75 Å². The molecule has 0 radical (unpaired) electrons. The molecule has 3 rings (SSSR count). The quantitative estimate of drug-likeness (QED) is 0.607. The van der Waals surface area contributed by atoms with Crippen LogP contribution in [0.25, 0.3) is 10.9 Å². The van der Waals surface area contributed by atoms with Crippen LogP contribution in [0.1, 0.15) is 43.6 Å². The van der Waals surface area contributed by atoms with Gasteiger partial charge in [0.15, 0.2) is 0 Å². The van der Waals surface area contributed by atoms with Crippen molar-refractivity contribution in [1.82, 2.24) is 9.55 Å². The van der Waals surface area contributed by atoms with Crippen LogP contribution in [0.5, 0.6) is 5.75 Å². The molecular weight excluding hydrogens is 358 g/mol. The number of hydrogen-bond donors (Lipinski definition) is 3. The molecule has 3 N–H and O–H groups in total. The van der Waals surface area contributed by atoms with E-state index in [9.17, 15) is 19.5 Å². The molecule has 0 saturated heterocycles. The summed E-state index contributed by atoms with van der Waals surface area (Å²) < 4.78 is 1.10. The number of phenolic OH excluding ortho intramolecular Hbond substituents is 1. The topological polar surface area (TPSA) is 104 Å². The van der Waals surface area contributed by atoms with Crippen LogP contribution in [-0.2, 0) is 12.0 Å². The second kappa shape index (κ2) is 6.99. The summed E-state index contributed by atoms with van der Waals surface area (Å²) in [4.78, 5) is 39.6. The smallest absolute Gasteiger partial charge is 0.328 e. The highest BCUT2D eigenvalue weighted by atomic mass is 16.3. The Kier molecular flexibility index (Phi) is 4.85. The van der Waals surface area contributed by atoms with E-state index in [1.165, 1.54) is 18.2 Å². The summed E-state index contributed by atoms with van der Waals surface area (Å²) in [5.41, 5.74) is 0.750. The van der Waals surface area contributed by atoms with Gasteiger partial charge in [0, 0.05) is 12.1 Å². The van der Waals surface area contributed by atoms with E-state index in [-0.39, 0.29) is 23.3 Å². The Balaban J connectivity index is 1.99. The number of rotatable bonds is 3. The van der Waals surface area contributed by atoms with Gasteiger partial charge in [-0.2, -0.15) is 0 Å². The van der Waals surface area contributed by atoms with Crippen molar-refractivity contribution in [2.75, 3.05) is 5.32 Å². The van der Waals surface area contributed by atoms with Crippen molar-refractivity contribution >= 4 is 22.5 Å². The fourth-order valence-electron chi connectivity index (χ4n) is 2.98. The van der Waals surface area contributed by atoms with Crippen LogP contribution in [0.2, 0.25) is 0 Å². The predicted octanol–water partition coefficient (Wildman–Crippen LogP) is 2.97. The maximum atomic E-state index is 12.7. The number of aromatic hydroxyl groups is 1. The molecule has 0 atom stereocenters. The third kappa shape index (κ3) is 3.55. The number of hydrogen-bond acceptors (Lipinski definition) is 4. The number of nitrogens with one attached hydrogen (secondary N) is 2. The van der Waals surface area contributed by atoms with Gasteiger partial charge in [-0.05, 0) is 48.2 Å². The summed E-state index contributed by atoms with van der Waals surface area (Å²) >= 11 is 0. The Hall–Kier alpha value is -3.35.